The minimum atomic E-state index is -4.70. The minimum Gasteiger partial charge on any atom is -0.465 e. The summed E-state index contributed by atoms with van der Waals surface area (Å²) >= 11 is 0. The Balaban J connectivity index is 3.40. The van der Waals surface area contributed by atoms with Gasteiger partial charge in [-0.3, -0.25) is 0 Å². The molecule has 0 fully saturated rings. The van der Waals surface area contributed by atoms with Crippen LogP contribution in [0.1, 0.15) is 21.5 Å². The molecule has 84 valence electrons. The lowest BCUT2D eigenvalue weighted by Crippen LogP contribution is -2.14. The van der Waals surface area contributed by atoms with Crippen molar-refractivity contribution in [3.8, 4) is 6.07 Å². The van der Waals surface area contributed by atoms with E-state index < -0.39 is 23.3 Å². The van der Waals surface area contributed by atoms with Gasteiger partial charge in [-0.25, -0.2) is 4.79 Å². The van der Waals surface area contributed by atoms with Crippen molar-refractivity contribution in [2.24, 2.45) is 0 Å². The number of alkyl halides is 3. The third-order valence-electron chi connectivity index (χ3n) is 1.86. The van der Waals surface area contributed by atoms with Crippen molar-refractivity contribution < 1.29 is 22.7 Å². The van der Waals surface area contributed by atoms with Gasteiger partial charge in [-0.05, 0) is 18.2 Å². The first-order chi connectivity index (χ1) is 7.40. The number of rotatable bonds is 1. The molecule has 1 rings (SSSR count). The highest BCUT2D eigenvalue weighted by Gasteiger charge is 2.35. The molecule has 3 nitrogen and oxygen atoms in total. The third kappa shape index (κ3) is 2.31. The fourth-order valence-corrected chi connectivity index (χ4v) is 1.14. The fraction of sp³-hybridized carbons (Fsp3) is 0.200. The van der Waals surface area contributed by atoms with Crippen LogP contribution in [0, 0.1) is 11.3 Å². The molecule has 0 N–H and O–H groups in total. The van der Waals surface area contributed by atoms with Crippen LogP contribution in [0.15, 0.2) is 18.2 Å². The molecule has 16 heavy (non-hydrogen) atoms. The largest absolute Gasteiger partial charge is 0.465 e. The molecule has 0 unspecified atom stereocenters. The summed E-state index contributed by atoms with van der Waals surface area (Å²) < 4.78 is 41.9. The average molecular weight is 229 g/mol. The summed E-state index contributed by atoms with van der Waals surface area (Å²) in [4.78, 5) is 11.1. The standard InChI is InChI=1S/C10H6F3NO2/c1-16-9(15)7-3-2-6(5-14)4-8(7)10(11,12)13/h2-4H,1H3. The molecule has 0 amide bonds. The van der Waals surface area contributed by atoms with Gasteiger partial charge in [0.25, 0.3) is 0 Å². The maximum absolute atomic E-state index is 12.5. The zero-order valence-electron chi connectivity index (χ0n) is 8.13. The molecular weight excluding hydrogens is 223 g/mol. The average Bonchev–Trinajstić information content (AvgIpc) is 2.26. The van der Waals surface area contributed by atoms with Crippen LogP contribution in [0.25, 0.3) is 0 Å². The van der Waals surface area contributed by atoms with E-state index in [1.165, 1.54) is 0 Å². The van der Waals surface area contributed by atoms with Crippen LogP contribution in [0.4, 0.5) is 13.2 Å². The van der Waals surface area contributed by atoms with E-state index in [1.807, 2.05) is 0 Å². The SMILES string of the molecule is COC(=O)c1ccc(C#N)cc1C(F)(F)F. The zero-order chi connectivity index (χ0) is 12.3. The molecule has 1 aromatic rings. The van der Waals surface area contributed by atoms with Crippen LogP contribution in [0.3, 0.4) is 0 Å². The number of carbonyl (C=O) groups is 1. The van der Waals surface area contributed by atoms with Crippen LogP contribution in [-0.4, -0.2) is 13.1 Å². The molecule has 0 aliphatic rings. The zero-order valence-corrected chi connectivity index (χ0v) is 8.13. The summed E-state index contributed by atoms with van der Waals surface area (Å²) in [5.41, 5.74) is -1.94. The summed E-state index contributed by atoms with van der Waals surface area (Å²) in [7, 11) is 0.987. The second-order valence-corrected chi connectivity index (χ2v) is 2.86. The van der Waals surface area contributed by atoms with E-state index in [9.17, 15) is 18.0 Å². The van der Waals surface area contributed by atoms with E-state index in [0.29, 0.717) is 6.07 Å². The van der Waals surface area contributed by atoms with Crippen molar-refractivity contribution in [2.75, 3.05) is 7.11 Å². The Hall–Kier alpha value is -2.03. The Kier molecular flexibility index (Phi) is 3.18. The van der Waals surface area contributed by atoms with Gasteiger partial charge in [-0.2, -0.15) is 18.4 Å². The molecule has 1 aromatic carbocycles. The molecule has 6 heteroatoms. The van der Waals surface area contributed by atoms with E-state index >= 15 is 0 Å². The summed E-state index contributed by atoms with van der Waals surface area (Å²) in [6, 6.07) is 4.24. The first-order valence-electron chi connectivity index (χ1n) is 4.10. The van der Waals surface area contributed by atoms with Gasteiger partial charge in [-0.1, -0.05) is 0 Å². The van der Waals surface area contributed by atoms with E-state index in [4.69, 9.17) is 5.26 Å². The smallest absolute Gasteiger partial charge is 0.417 e. The second kappa shape index (κ2) is 4.23. The maximum Gasteiger partial charge on any atom is 0.417 e. The van der Waals surface area contributed by atoms with Gasteiger partial charge in [0.1, 0.15) is 0 Å². The molecule has 0 bridgehead atoms. The maximum atomic E-state index is 12.5. The molecule has 0 atom stereocenters. The number of ether oxygens (including phenoxy) is 1. The Bertz CT molecular complexity index is 460. The van der Waals surface area contributed by atoms with Crippen molar-refractivity contribution in [1.82, 2.24) is 0 Å². The van der Waals surface area contributed by atoms with Gasteiger partial charge in [-0.15, -0.1) is 0 Å². The minimum absolute atomic E-state index is 0.167. The molecule has 0 aliphatic carbocycles. The Morgan fingerprint density at radius 2 is 2.06 bits per heavy atom. The topological polar surface area (TPSA) is 50.1 Å². The lowest BCUT2D eigenvalue weighted by molar-refractivity contribution is -0.138. The van der Waals surface area contributed by atoms with E-state index in [2.05, 4.69) is 4.74 Å². The van der Waals surface area contributed by atoms with Gasteiger partial charge < -0.3 is 4.74 Å². The number of hydrogen-bond donors (Lipinski definition) is 0. The van der Waals surface area contributed by atoms with Crippen LogP contribution in [0.5, 0.6) is 0 Å². The van der Waals surface area contributed by atoms with Gasteiger partial charge >= 0.3 is 12.1 Å². The van der Waals surface area contributed by atoms with E-state index in [1.54, 1.807) is 6.07 Å². The molecule has 0 aromatic heterocycles. The third-order valence-corrected chi connectivity index (χ3v) is 1.86. The van der Waals surface area contributed by atoms with Gasteiger partial charge in [0.2, 0.25) is 0 Å². The number of methoxy groups -OCH3 is 1. The normalized spacial score (nSPS) is 10.7. The molecule has 0 saturated heterocycles. The lowest BCUT2D eigenvalue weighted by Gasteiger charge is -2.11. The van der Waals surface area contributed by atoms with E-state index in [0.717, 1.165) is 19.2 Å². The summed E-state index contributed by atoms with van der Waals surface area (Å²) in [5, 5.41) is 8.48. The highest BCUT2D eigenvalue weighted by Crippen LogP contribution is 2.32. The van der Waals surface area contributed by atoms with Gasteiger partial charge in [0.05, 0.1) is 29.9 Å². The van der Waals surface area contributed by atoms with Crippen LogP contribution in [-0.2, 0) is 10.9 Å². The van der Waals surface area contributed by atoms with Crippen LogP contribution in [0.2, 0.25) is 0 Å². The number of carbonyl (C=O) groups excluding carboxylic acids is 1. The fourth-order valence-electron chi connectivity index (χ4n) is 1.14. The predicted molar refractivity (Wildman–Crippen MR) is 47.5 cm³/mol. The van der Waals surface area contributed by atoms with Crippen molar-refractivity contribution in [1.29, 1.82) is 5.26 Å². The van der Waals surface area contributed by atoms with E-state index in [-0.39, 0.29) is 5.56 Å². The van der Waals surface area contributed by atoms with Crippen molar-refractivity contribution in [2.45, 2.75) is 6.18 Å². The lowest BCUT2D eigenvalue weighted by atomic mass is 10.0. The van der Waals surface area contributed by atoms with Crippen LogP contribution >= 0.6 is 0 Å². The summed E-state index contributed by atoms with van der Waals surface area (Å²) in [5.74, 6) is -1.09. The van der Waals surface area contributed by atoms with Crippen molar-refractivity contribution in [3.63, 3.8) is 0 Å². The predicted octanol–water partition coefficient (Wildman–Crippen LogP) is 2.36. The van der Waals surface area contributed by atoms with Gasteiger partial charge in [0, 0.05) is 0 Å². The second-order valence-electron chi connectivity index (χ2n) is 2.86. The Morgan fingerprint density at radius 1 is 1.44 bits per heavy atom. The van der Waals surface area contributed by atoms with Gasteiger partial charge in [0.15, 0.2) is 0 Å². The first kappa shape index (κ1) is 12.0. The molecular formula is C10H6F3NO2. The number of benzene rings is 1. The van der Waals surface area contributed by atoms with Crippen molar-refractivity contribution in [3.05, 3.63) is 34.9 Å². The number of esters is 1. The molecule has 0 spiro atoms. The summed E-state index contributed by atoms with van der Waals surface area (Å²) in [6.07, 6.45) is -4.70. The first-order valence-corrected chi connectivity index (χ1v) is 4.10. The number of hydrogen-bond acceptors (Lipinski definition) is 3. The van der Waals surface area contributed by atoms with Crippen LogP contribution < -0.4 is 0 Å². The Labute approximate surface area is 89.1 Å². The highest BCUT2D eigenvalue weighted by atomic mass is 19.4. The van der Waals surface area contributed by atoms with Crippen molar-refractivity contribution >= 4 is 5.97 Å². The number of nitrogens with zero attached hydrogens (tertiary/aromatic N) is 1. The highest BCUT2D eigenvalue weighted by molar-refractivity contribution is 5.91. The Morgan fingerprint density at radius 3 is 2.50 bits per heavy atom. The molecule has 0 heterocycles. The molecule has 0 radical (unpaired) electrons. The molecule has 0 saturated carbocycles. The summed E-state index contributed by atoms with van der Waals surface area (Å²) in [6.45, 7) is 0. The number of halogens is 3. The molecule has 0 aliphatic heterocycles. The monoisotopic (exact) mass is 229 g/mol. The quantitative estimate of drug-likeness (QED) is 0.694. The number of nitriles is 1.